The molecule has 0 aromatic heterocycles. The van der Waals surface area contributed by atoms with Crippen molar-refractivity contribution < 1.29 is 22.7 Å². The molecule has 2 aliphatic carbocycles. The highest BCUT2D eigenvalue weighted by molar-refractivity contribution is 7.92. The van der Waals surface area contributed by atoms with Gasteiger partial charge >= 0.3 is 6.09 Å². The van der Waals surface area contributed by atoms with Gasteiger partial charge in [0.25, 0.3) is 0 Å². The molecule has 0 saturated heterocycles. The second kappa shape index (κ2) is 9.30. The summed E-state index contributed by atoms with van der Waals surface area (Å²) < 4.78 is 31.4. The average Bonchev–Trinajstić information content (AvgIpc) is 3.70. The van der Waals surface area contributed by atoms with Crippen molar-refractivity contribution in [3.8, 4) is 11.1 Å². The molecule has 0 bridgehead atoms. The molecule has 35 heavy (non-hydrogen) atoms. The molecule has 2 fully saturated rings. The normalized spacial score (nSPS) is 20.9. The fourth-order valence-corrected chi connectivity index (χ4v) is 6.97. The van der Waals surface area contributed by atoms with E-state index in [1.165, 1.54) is 13.3 Å². The van der Waals surface area contributed by atoms with Crippen molar-refractivity contribution in [2.24, 2.45) is 0 Å². The van der Waals surface area contributed by atoms with Crippen LogP contribution in [0.4, 0.5) is 16.2 Å². The molecule has 1 unspecified atom stereocenters. The molecule has 0 radical (unpaired) electrons. The largest absolute Gasteiger partial charge is 0.446 e. The zero-order valence-electron chi connectivity index (χ0n) is 20.3. The number of nitrogens with zero attached hydrogens (tertiary/aromatic N) is 2. The maximum Gasteiger partial charge on any atom is 0.414 e. The quantitative estimate of drug-likeness (QED) is 0.572. The number of hydrogen-bond donors (Lipinski definition) is 0. The van der Waals surface area contributed by atoms with Crippen LogP contribution in [0, 0.1) is 0 Å². The summed E-state index contributed by atoms with van der Waals surface area (Å²) in [6.07, 6.45) is 6.01. The van der Waals surface area contributed by atoms with Gasteiger partial charge in [-0.15, -0.1) is 0 Å². The Hall–Kier alpha value is -2.87. The molecule has 1 aliphatic heterocycles. The Bertz CT molecular complexity index is 1250. The molecule has 8 heteroatoms. The Labute approximate surface area is 207 Å². The van der Waals surface area contributed by atoms with Crippen molar-refractivity contribution in [3.05, 3.63) is 42.5 Å². The van der Waals surface area contributed by atoms with Crippen molar-refractivity contribution in [1.29, 1.82) is 0 Å². The number of ether oxygens (including phenoxy) is 1. The molecule has 0 N–H and O–H groups in total. The topological polar surface area (TPSA) is 84.0 Å². The van der Waals surface area contributed by atoms with Gasteiger partial charge in [0.05, 0.1) is 27.6 Å². The molecule has 1 atom stereocenters. The number of anilines is 2. The van der Waals surface area contributed by atoms with Crippen LogP contribution >= 0.6 is 0 Å². The van der Waals surface area contributed by atoms with E-state index in [2.05, 4.69) is 0 Å². The van der Waals surface area contributed by atoms with E-state index in [-0.39, 0.29) is 23.3 Å². The van der Waals surface area contributed by atoms with Crippen LogP contribution in [0.3, 0.4) is 0 Å². The molecule has 0 spiro atoms. The van der Waals surface area contributed by atoms with Crippen LogP contribution in [0.2, 0.25) is 0 Å². The van der Waals surface area contributed by atoms with Gasteiger partial charge in [-0.2, -0.15) is 0 Å². The van der Waals surface area contributed by atoms with Gasteiger partial charge in [0.2, 0.25) is 5.91 Å². The van der Waals surface area contributed by atoms with Gasteiger partial charge in [0.1, 0.15) is 6.10 Å². The summed E-state index contributed by atoms with van der Waals surface area (Å²) in [5.41, 5.74) is 2.79. The first-order valence-corrected chi connectivity index (χ1v) is 14.1. The molecule has 2 saturated carbocycles. The molecule has 7 nitrogen and oxygen atoms in total. The number of carbonyl (C=O) groups excluding carboxylic acids is 2. The van der Waals surface area contributed by atoms with Crippen molar-refractivity contribution in [2.45, 2.75) is 81.1 Å². The number of carbonyl (C=O) groups is 2. The molecule has 5 rings (SSSR count). The highest BCUT2D eigenvalue weighted by atomic mass is 32.2. The van der Waals surface area contributed by atoms with Gasteiger partial charge in [-0.1, -0.05) is 24.6 Å². The third-order valence-electron chi connectivity index (χ3n) is 7.25. The summed E-state index contributed by atoms with van der Waals surface area (Å²) in [5, 5.41) is -0.281. The lowest BCUT2D eigenvalue weighted by Crippen LogP contribution is -2.52. The second-order valence-corrected chi connectivity index (χ2v) is 12.2. The molecule has 186 valence electrons. The predicted molar refractivity (Wildman–Crippen MR) is 135 cm³/mol. The second-order valence-electron chi connectivity index (χ2n) is 9.97. The van der Waals surface area contributed by atoms with Crippen LogP contribution in [0.1, 0.15) is 58.8 Å². The Morgan fingerprint density at radius 2 is 1.63 bits per heavy atom. The number of sulfone groups is 1. The van der Waals surface area contributed by atoms with Crippen LogP contribution in [-0.4, -0.2) is 44.4 Å². The first-order chi connectivity index (χ1) is 16.8. The summed E-state index contributed by atoms with van der Waals surface area (Å²) in [6, 6.07) is 12.3. The summed E-state index contributed by atoms with van der Waals surface area (Å²) in [4.78, 5) is 29.4. The van der Waals surface area contributed by atoms with Gasteiger partial charge in [0, 0.05) is 13.5 Å². The van der Waals surface area contributed by atoms with E-state index in [1.54, 1.807) is 28.0 Å². The van der Waals surface area contributed by atoms with Crippen LogP contribution in [-0.2, 0) is 19.4 Å². The van der Waals surface area contributed by atoms with Gasteiger partial charge in [-0.05, 0) is 80.8 Å². The monoisotopic (exact) mass is 496 g/mol. The van der Waals surface area contributed by atoms with Gasteiger partial charge in [0.15, 0.2) is 9.84 Å². The zero-order chi connectivity index (χ0) is 24.7. The van der Waals surface area contributed by atoms with E-state index in [0.29, 0.717) is 35.7 Å². The number of benzene rings is 2. The van der Waals surface area contributed by atoms with Crippen molar-refractivity contribution in [3.63, 3.8) is 0 Å². The minimum Gasteiger partial charge on any atom is -0.446 e. The van der Waals surface area contributed by atoms with Gasteiger partial charge in [-0.25, -0.2) is 13.2 Å². The first-order valence-electron chi connectivity index (χ1n) is 12.5. The van der Waals surface area contributed by atoms with E-state index in [1.807, 2.05) is 31.2 Å². The average molecular weight is 497 g/mol. The number of fused-ring (bicyclic) bond motifs is 1. The third kappa shape index (κ3) is 4.68. The summed E-state index contributed by atoms with van der Waals surface area (Å²) in [7, 11) is -3.32. The van der Waals surface area contributed by atoms with Crippen molar-refractivity contribution in [1.82, 2.24) is 0 Å². The van der Waals surface area contributed by atoms with E-state index >= 15 is 0 Å². The maximum atomic E-state index is 13.3. The third-order valence-corrected chi connectivity index (χ3v) is 9.51. The lowest BCUT2D eigenvalue weighted by atomic mass is 9.98. The van der Waals surface area contributed by atoms with Crippen LogP contribution in [0.25, 0.3) is 11.1 Å². The lowest BCUT2D eigenvalue weighted by Gasteiger charge is -2.41. The highest BCUT2D eigenvalue weighted by Crippen LogP contribution is 2.40. The standard InChI is InChI=1S/C27H32N2O5S/c1-18-17-28(27(31)34-22-8-4-3-5-9-22)26-16-21(11-14-25(26)29(18)19(2)30)20-7-6-10-24(15-20)35(32,33)23-12-13-23/h6-7,10-11,14-16,18,22-23H,3-5,8-9,12-13,17H2,1-2H3. The van der Waals surface area contributed by atoms with Crippen molar-refractivity contribution in [2.75, 3.05) is 16.3 Å². The molecule has 2 aromatic rings. The van der Waals surface area contributed by atoms with Gasteiger partial charge in [-0.3, -0.25) is 9.69 Å². The summed E-state index contributed by atoms with van der Waals surface area (Å²) in [6.45, 7) is 3.78. The Kier molecular flexibility index (Phi) is 6.34. The number of hydrogen-bond acceptors (Lipinski definition) is 5. The summed E-state index contributed by atoms with van der Waals surface area (Å²) >= 11 is 0. The van der Waals surface area contributed by atoms with E-state index < -0.39 is 15.9 Å². The minimum absolute atomic E-state index is 0.0756. The predicted octanol–water partition coefficient (Wildman–Crippen LogP) is 5.32. The smallest absolute Gasteiger partial charge is 0.414 e. The fourth-order valence-electron chi connectivity index (χ4n) is 5.27. The van der Waals surface area contributed by atoms with Crippen molar-refractivity contribution >= 4 is 33.2 Å². The minimum atomic E-state index is -3.32. The molecule has 2 amide bonds. The Balaban J connectivity index is 1.52. The molecule has 3 aliphatic rings. The zero-order valence-corrected chi connectivity index (χ0v) is 21.1. The maximum absolute atomic E-state index is 13.3. The SMILES string of the molecule is CC(=O)N1c2ccc(-c3cccc(S(=O)(=O)C4CC4)c3)cc2N(C(=O)OC2CCCCC2)CC1C. The van der Waals surface area contributed by atoms with E-state index in [9.17, 15) is 18.0 Å². The van der Waals surface area contributed by atoms with Crippen LogP contribution in [0.15, 0.2) is 47.4 Å². The fraction of sp³-hybridized carbons (Fsp3) is 0.481. The van der Waals surface area contributed by atoms with E-state index in [4.69, 9.17) is 4.74 Å². The molecular weight excluding hydrogens is 464 g/mol. The first kappa shape index (κ1) is 23.9. The highest BCUT2D eigenvalue weighted by Gasteiger charge is 2.38. The number of rotatable bonds is 4. The van der Waals surface area contributed by atoms with E-state index in [0.717, 1.165) is 36.8 Å². The van der Waals surface area contributed by atoms with Gasteiger partial charge < -0.3 is 9.64 Å². The lowest BCUT2D eigenvalue weighted by molar-refractivity contribution is -0.117. The van der Waals surface area contributed by atoms with Crippen LogP contribution < -0.4 is 9.80 Å². The summed E-state index contributed by atoms with van der Waals surface area (Å²) in [5.74, 6) is -0.0932. The Morgan fingerprint density at radius 3 is 2.31 bits per heavy atom. The number of amides is 2. The molecule has 2 aromatic carbocycles. The van der Waals surface area contributed by atoms with Crippen LogP contribution in [0.5, 0.6) is 0 Å². The molecular formula is C27H32N2O5S. The molecule has 1 heterocycles. The Morgan fingerprint density at radius 1 is 0.914 bits per heavy atom.